The van der Waals surface area contributed by atoms with E-state index in [0.29, 0.717) is 18.2 Å². The molecule has 2 nitrogen and oxygen atoms in total. The zero-order valence-electron chi connectivity index (χ0n) is 11.4. The highest BCUT2D eigenvalue weighted by atomic mass is 16.5. The SMILES string of the molecule is Cc1cccc(C2CC(NC3CCOC3C)C2)c1. The second-order valence-electron chi connectivity index (χ2n) is 5.92. The fourth-order valence-corrected chi connectivity index (χ4v) is 3.20. The normalized spacial score (nSPS) is 35.4. The maximum Gasteiger partial charge on any atom is 0.0700 e. The van der Waals surface area contributed by atoms with Crippen LogP contribution in [0.25, 0.3) is 0 Å². The fourth-order valence-electron chi connectivity index (χ4n) is 3.20. The van der Waals surface area contributed by atoms with Crippen molar-refractivity contribution < 1.29 is 4.74 Å². The maximum absolute atomic E-state index is 5.60. The fraction of sp³-hybridized carbons (Fsp3) is 0.625. The van der Waals surface area contributed by atoms with Crippen LogP contribution in [0.4, 0.5) is 0 Å². The van der Waals surface area contributed by atoms with Crippen molar-refractivity contribution in [1.82, 2.24) is 5.32 Å². The molecule has 2 fully saturated rings. The molecule has 0 amide bonds. The van der Waals surface area contributed by atoms with Crippen molar-refractivity contribution in [3.05, 3.63) is 35.4 Å². The number of ether oxygens (including phenoxy) is 1. The van der Waals surface area contributed by atoms with Gasteiger partial charge in [-0.15, -0.1) is 0 Å². The van der Waals surface area contributed by atoms with E-state index in [1.165, 1.54) is 30.4 Å². The zero-order valence-corrected chi connectivity index (χ0v) is 11.4. The van der Waals surface area contributed by atoms with Gasteiger partial charge in [-0.25, -0.2) is 0 Å². The van der Waals surface area contributed by atoms with E-state index < -0.39 is 0 Å². The smallest absolute Gasteiger partial charge is 0.0700 e. The average molecular weight is 245 g/mol. The first-order chi connectivity index (χ1) is 8.72. The molecule has 2 aliphatic rings. The van der Waals surface area contributed by atoms with E-state index in [1.807, 2.05) is 0 Å². The Balaban J connectivity index is 1.51. The summed E-state index contributed by atoms with van der Waals surface area (Å²) in [7, 11) is 0. The van der Waals surface area contributed by atoms with Crippen molar-refractivity contribution in [2.45, 2.75) is 57.2 Å². The Labute approximate surface area is 110 Å². The van der Waals surface area contributed by atoms with Crippen molar-refractivity contribution in [2.24, 2.45) is 0 Å². The highest BCUT2D eigenvalue weighted by Crippen LogP contribution is 2.37. The molecular weight excluding hydrogens is 222 g/mol. The topological polar surface area (TPSA) is 21.3 Å². The second-order valence-corrected chi connectivity index (χ2v) is 5.92. The van der Waals surface area contributed by atoms with Gasteiger partial charge in [0, 0.05) is 18.7 Å². The molecule has 2 unspecified atom stereocenters. The predicted octanol–water partition coefficient (Wildman–Crippen LogP) is 3.01. The van der Waals surface area contributed by atoms with Gasteiger partial charge in [0.05, 0.1) is 6.10 Å². The summed E-state index contributed by atoms with van der Waals surface area (Å²) >= 11 is 0. The molecule has 0 spiro atoms. The molecule has 1 aliphatic heterocycles. The summed E-state index contributed by atoms with van der Waals surface area (Å²) in [6, 6.07) is 10.2. The lowest BCUT2D eigenvalue weighted by molar-refractivity contribution is 0.106. The zero-order chi connectivity index (χ0) is 12.5. The summed E-state index contributed by atoms with van der Waals surface area (Å²) in [5.41, 5.74) is 2.89. The van der Waals surface area contributed by atoms with Gasteiger partial charge in [0.15, 0.2) is 0 Å². The van der Waals surface area contributed by atoms with Crippen LogP contribution < -0.4 is 5.32 Å². The van der Waals surface area contributed by atoms with E-state index in [0.717, 1.165) is 12.5 Å². The van der Waals surface area contributed by atoms with Gasteiger partial charge in [-0.05, 0) is 44.6 Å². The van der Waals surface area contributed by atoms with Crippen LogP contribution in [-0.4, -0.2) is 24.8 Å². The predicted molar refractivity (Wildman–Crippen MR) is 73.9 cm³/mol. The van der Waals surface area contributed by atoms with Crippen molar-refractivity contribution in [2.75, 3.05) is 6.61 Å². The molecule has 3 rings (SSSR count). The number of nitrogens with one attached hydrogen (secondary N) is 1. The molecule has 1 saturated heterocycles. The van der Waals surface area contributed by atoms with Gasteiger partial charge in [0.25, 0.3) is 0 Å². The van der Waals surface area contributed by atoms with Crippen LogP contribution in [0.5, 0.6) is 0 Å². The Morgan fingerprint density at radius 2 is 2.11 bits per heavy atom. The van der Waals surface area contributed by atoms with E-state index in [4.69, 9.17) is 4.74 Å². The first-order valence-electron chi connectivity index (χ1n) is 7.16. The molecule has 1 aromatic rings. The maximum atomic E-state index is 5.60. The van der Waals surface area contributed by atoms with Gasteiger partial charge in [-0.1, -0.05) is 29.8 Å². The summed E-state index contributed by atoms with van der Waals surface area (Å²) < 4.78 is 5.60. The Kier molecular flexibility index (Phi) is 3.40. The van der Waals surface area contributed by atoms with Crippen LogP contribution in [-0.2, 0) is 4.74 Å². The average Bonchev–Trinajstić information content (AvgIpc) is 2.69. The van der Waals surface area contributed by atoms with E-state index >= 15 is 0 Å². The van der Waals surface area contributed by atoms with Crippen molar-refractivity contribution in [1.29, 1.82) is 0 Å². The van der Waals surface area contributed by atoms with Crippen molar-refractivity contribution >= 4 is 0 Å². The summed E-state index contributed by atoms with van der Waals surface area (Å²) in [6.07, 6.45) is 4.13. The Bertz CT molecular complexity index is 411. The van der Waals surface area contributed by atoms with Gasteiger partial charge >= 0.3 is 0 Å². The van der Waals surface area contributed by atoms with Gasteiger partial charge in [0.2, 0.25) is 0 Å². The van der Waals surface area contributed by atoms with Gasteiger partial charge in [-0.2, -0.15) is 0 Å². The lowest BCUT2D eigenvalue weighted by atomic mass is 9.75. The summed E-state index contributed by atoms with van der Waals surface area (Å²) in [5, 5.41) is 3.75. The highest BCUT2D eigenvalue weighted by Gasteiger charge is 2.34. The Morgan fingerprint density at radius 3 is 2.78 bits per heavy atom. The molecule has 0 aromatic heterocycles. The van der Waals surface area contributed by atoms with E-state index in [9.17, 15) is 0 Å². The minimum atomic E-state index is 0.392. The second kappa shape index (κ2) is 5.02. The van der Waals surface area contributed by atoms with Crippen molar-refractivity contribution in [3.63, 3.8) is 0 Å². The summed E-state index contributed by atoms with van der Waals surface area (Å²) in [4.78, 5) is 0. The highest BCUT2D eigenvalue weighted by molar-refractivity contribution is 5.27. The molecule has 1 aliphatic carbocycles. The molecule has 1 saturated carbocycles. The summed E-state index contributed by atoms with van der Waals surface area (Å²) in [5.74, 6) is 0.764. The van der Waals surface area contributed by atoms with Gasteiger partial charge in [-0.3, -0.25) is 0 Å². The minimum absolute atomic E-state index is 0.392. The van der Waals surface area contributed by atoms with Crippen LogP contribution in [0.3, 0.4) is 0 Å². The molecule has 2 heteroatoms. The number of rotatable bonds is 3. The number of benzene rings is 1. The van der Waals surface area contributed by atoms with Crippen LogP contribution >= 0.6 is 0 Å². The lowest BCUT2D eigenvalue weighted by Crippen LogP contribution is -2.47. The van der Waals surface area contributed by atoms with E-state index in [2.05, 4.69) is 43.4 Å². The molecular formula is C16H23NO. The van der Waals surface area contributed by atoms with E-state index in [1.54, 1.807) is 0 Å². The lowest BCUT2D eigenvalue weighted by Gasteiger charge is -2.38. The molecule has 1 aromatic carbocycles. The molecule has 18 heavy (non-hydrogen) atoms. The van der Waals surface area contributed by atoms with Gasteiger partial charge < -0.3 is 10.1 Å². The molecule has 2 atom stereocenters. The first-order valence-corrected chi connectivity index (χ1v) is 7.16. The molecule has 1 heterocycles. The van der Waals surface area contributed by atoms with E-state index in [-0.39, 0.29) is 0 Å². The third kappa shape index (κ3) is 2.45. The number of aryl methyl sites for hydroxylation is 1. The first kappa shape index (κ1) is 12.2. The van der Waals surface area contributed by atoms with Crippen LogP contribution in [0.2, 0.25) is 0 Å². The van der Waals surface area contributed by atoms with Crippen LogP contribution in [0.1, 0.15) is 43.2 Å². The molecule has 1 N–H and O–H groups in total. The largest absolute Gasteiger partial charge is 0.377 e. The molecule has 0 bridgehead atoms. The van der Waals surface area contributed by atoms with Crippen LogP contribution in [0, 0.1) is 6.92 Å². The third-order valence-corrected chi connectivity index (χ3v) is 4.48. The quantitative estimate of drug-likeness (QED) is 0.884. The van der Waals surface area contributed by atoms with Crippen molar-refractivity contribution in [3.8, 4) is 0 Å². The Morgan fingerprint density at radius 1 is 1.28 bits per heavy atom. The molecule has 98 valence electrons. The van der Waals surface area contributed by atoms with Crippen LogP contribution in [0.15, 0.2) is 24.3 Å². The Hall–Kier alpha value is -0.860. The van der Waals surface area contributed by atoms with Gasteiger partial charge in [0.1, 0.15) is 0 Å². The third-order valence-electron chi connectivity index (χ3n) is 4.48. The standard InChI is InChI=1S/C16H23NO/c1-11-4-3-5-13(8-11)14-9-15(10-14)17-16-6-7-18-12(16)2/h3-5,8,12,14-17H,6-7,9-10H2,1-2H3. The molecule has 0 radical (unpaired) electrons. The number of hydrogen-bond acceptors (Lipinski definition) is 2. The number of hydrogen-bond donors (Lipinski definition) is 1. The summed E-state index contributed by atoms with van der Waals surface area (Å²) in [6.45, 7) is 5.28. The monoisotopic (exact) mass is 245 g/mol. The minimum Gasteiger partial charge on any atom is -0.377 e.